The summed E-state index contributed by atoms with van der Waals surface area (Å²) in [4.78, 5) is 26.7. The summed E-state index contributed by atoms with van der Waals surface area (Å²) in [5, 5.41) is -0.125. The van der Waals surface area contributed by atoms with E-state index in [0.717, 1.165) is 18.9 Å². The number of carbonyl (C=O) groups is 2. The third kappa shape index (κ3) is 4.82. The Bertz CT molecular complexity index is 767. The van der Waals surface area contributed by atoms with Gasteiger partial charge in [-0.2, -0.15) is 0 Å². The highest BCUT2D eigenvalue weighted by Crippen LogP contribution is 2.26. The number of ether oxygens (including phenoxy) is 1. The Labute approximate surface area is 157 Å². The second-order valence-corrected chi connectivity index (χ2v) is 6.24. The number of nitrogens with zero attached hydrogens (tertiary/aromatic N) is 1. The highest BCUT2D eigenvalue weighted by atomic mass is 35.5. The molecule has 0 saturated carbocycles. The van der Waals surface area contributed by atoms with Crippen molar-refractivity contribution in [1.29, 1.82) is 0 Å². The lowest BCUT2D eigenvalue weighted by Gasteiger charge is -2.28. The second-order valence-electron chi connectivity index (χ2n) is 5.84. The van der Waals surface area contributed by atoms with Crippen molar-refractivity contribution in [1.82, 2.24) is 0 Å². The molecular formula is C20H21ClFNO3. The Morgan fingerprint density at radius 2 is 1.88 bits per heavy atom. The van der Waals surface area contributed by atoms with E-state index in [1.54, 1.807) is 37.3 Å². The number of rotatable bonds is 7. The molecule has 1 amide bonds. The molecule has 1 atom stereocenters. The average molecular weight is 378 g/mol. The number of halogens is 2. The minimum absolute atomic E-state index is 0.125. The third-order valence-corrected chi connectivity index (χ3v) is 4.18. The van der Waals surface area contributed by atoms with E-state index in [4.69, 9.17) is 16.3 Å². The van der Waals surface area contributed by atoms with Crippen LogP contribution in [-0.4, -0.2) is 24.5 Å². The standard InChI is InChI=1S/C20H21ClFNO3/c1-3-4-12-26-20(25)14(2)23(16-10-11-18(22)17(21)13-16)19(24)15-8-6-5-7-9-15/h5-11,13-14H,3-4,12H2,1-2H3. The molecule has 26 heavy (non-hydrogen) atoms. The first-order chi connectivity index (χ1) is 12.5. The lowest BCUT2D eigenvalue weighted by atomic mass is 10.1. The van der Waals surface area contributed by atoms with Gasteiger partial charge >= 0.3 is 5.97 Å². The number of esters is 1. The largest absolute Gasteiger partial charge is 0.464 e. The van der Waals surface area contributed by atoms with Gasteiger partial charge in [-0.1, -0.05) is 43.1 Å². The van der Waals surface area contributed by atoms with Crippen molar-refractivity contribution in [3.63, 3.8) is 0 Å². The van der Waals surface area contributed by atoms with Crippen LogP contribution in [0.3, 0.4) is 0 Å². The molecular weight excluding hydrogens is 357 g/mol. The molecule has 0 radical (unpaired) electrons. The molecule has 2 rings (SSSR count). The van der Waals surface area contributed by atoms with Crippen LogP contribution in [0.5, 0.6) is 0 Å². The van der Waals surface area contributed by atoms with E-state index in [9.17, 15) is 14.0 Å². The molecule has 0 aromatic heterocycles. The van der Waals surface area contributed by atoms with Gasteiger partial charge in [0.05, 0.1) is 11.6 Å². The summed E-state index contributed by atoms with van der Waals surface area (Å²) in [6.45, 7) is 3.85. The smallest absolute Gasteiger partial charge is 0.328 e. The van der Waals surface area contributed by atoms with Crippen molar-refractivity contribution in [2.45, 2.75) is 32.7 Å². The summed E-state index contributed by atoms with van der Waals surface area (Å²) >= 11 is 5.87. The van der Waals surface area contributed by atoms with Crippen molar-refractivity contribution in [3.8, 4) is 0 Å². The lowest BCUT2D eigenvalue weighted by Crippen LogP contribution is -2.44. The molecule has 2 aromatic rings. The normalized spacial score (nSPS) is 11.7. The summed E-state index contributed by atoms with van der Waals surface area (Å²) in [5.41, 5.74) is 0.728. The molecule has 0 fully saturated rings. The van der Waals surface area contributed by atoms with Crippen molar-refractivity contribution in [2.24, 2.45) is 0 Å². The number of amides is 1. The second kappa shape index (κ2) is 9.34. The van der Waals surface area contributed by atoms with E-state index in [2.05, 4.69) is 0 Å². The van der Waals surface area contributed by atoms with Gasteiger partial charge in [-0.05, 0) is 43.7 Å². The minimum Gasteiger partial charge on any atom is -0.464 e. The molecule has 0 aliphatic heterocycles. The van der Waals surface area contributed by atoms with E-state index < -0.39 is 23.7 Å². The van der Waals surface area contributed by atoms with E-state index in [0.29, 0.717) is 11.3 Å². The van der Waals surface area contributed by atoms with Gasteiger partial charge in [0.1, 0.15) is 11.9 Å². The van der Waals surface area contributed by atoms with Gasteiger partial charge in [0.2, 0.25) is 0 Å². The maximum absolute atomic E-state index is 13.5. The van der Waals surface area contributed by atoms with Gasteiger partial charge < -0.3 is 4.74 Å². The Morgan fingerprint density at radius 1 is 1.19 bits per heavy atom. The number of hydrogen-bond acceptors (Lipinski definition) is 3. The fourth-order valence-electron chi connectivity index (χ4n) is 2.41. The average Bonchev–Trinajstić information content (AvgIpc) is 2.65. The Hall–Kier alpha value is -2.40. The highest BCUT2D eigenvalue weighted by Gasteiger charge is 2.29. The first-order valence-corrected chi connectivity index (χ1v) is 8.83. The lowest BCUT2D eigenvalue weighted by molar-refractivity contribution is -0.144. The molecule has 0 N–H and O–H groups in total. The molecule has 0 bridgehead atoms. The number of hydrogen-bond donors (Lipinski definition) is 0. The van der Waals surface area contributed by atoms with E-state index in [1.165, 1.54) is 17.0 Å². The SMILES string of the molecule is CCCCOC(=O)C(C)N(C(=O)c1ccccc1)c1ccc(F)c(Cl)c1. The van der Waals surface area contributed by atoms with Gasteiger partial charge in [-0.15, -0.1) is 0 Å². The van der Waals surface area contributed by atoms with Gasteiger partial charge in [0, 0.05) is 11.3 Å². The molecule has 0 saturated heterocycles. The third-order valence-electron chi connectivity index (χ3n) is 3.89. The summed E-state index contributed by atoms with van der Waals surface area (Å²) in [6.07, 6.45) is 1.63. The van der Waals surface area contributed by atoms with Crippen molar-refractivity contribution >= 4 is 29.2 Å². The van der Waals surface area contributed by atoms with Gasteiger partial charge in [0.25, 0.3) is 5.91 Å². The molecule has 0 heterocycles. The quantitative estimate of drug-likeness (QED) is 0.511. The Morgan fingerprint density at radius 3 is 2.50 bits per heavy atom. The molecule has 0 aliphatic carbocycles. The van der Waals surface area contributed by atoms with Crippen LogP contribution in [0.15, 0.2) is 48.5 Å². The topological polar surface area (TPSA) is 46.6 Å². The van der Waals surface area contributed by atoms with Crippen LogP contribution in [0.25, 0.3) is 0 Å². The zero-order valence-electron chi connectivity index (χ0n) is 14.7. The molecule has 6 heteroatoms. The van der Waals surface area contributed by atoms with Crippen LogP contribution in [0.4, 0.5) is 10.1 Å². The van der Waals surface area contributed by atoms with E-state index in [1.807, 2.05) is 6.92 Å². The van der Waals surface area contributed by atoms with E-state index >= 15 is 0 Å². The van der Waals surface area contributed by atoms with Gasteiger partial charge in [-0.25, -0.2) is 9.18 Å². The molecule has 2 aromatic carbocycles. The maximum Gasteiger partial charge on any atom is 0.328 e. The Kier molecular flexibility index (Phi) is 7.16. The summed E-state index contributed by atoms with van der Waals surface area (Å²) in [5.74, 6) is -1.52. The summed E-state index contributed by atoms with van der Waals surface area (Å²) < 4.78 is 18.8. The number of benzene rings is 2. The zero-order chi connectivity index (χ0) is 19.1. The van der Waals surface area contributed by atoms with Gasteiger partial charge in [0.15, 0.2) is 0 Å². The predicted molar refractivity (Wildman–Crippen MR) is 100.0 cm³/mol. The number of carbonyl (C=O) groups excluding carboxylic acids is 2. The van der Waals surface area contributed by atoms with Crippen molar-refractivity contribution in [3.05, 3.63) is 64.9 Å². The first-order valence-electron chi connectivity index (χ1n) is 8.46. The molecule has 4 nitrogen and oxygen atoms in total. The van der Waals surface area contributed by atoms with Crippen LogP contribution in [-0.2, 0) is 9.53 Å². The van der Waals surface area contributed by atoms with Crippen LogP contribution in [0, 0.1) is 5.82 Å². The van der Waals surface area contributed by atoms with E-state index in [-0.39, 0.29) is 11.6 Å². The monoisotopic (exact) mass is 377 g/mol. The summed E-state index contributed by atoms with van der Waals surface area (Å²) in [7, 11) is 0. The summed E-state index contributed by atoms with van der Waals surface area (Å²) in [6, 6.07) is 11.6. The van der Waals surface area contributed by atoms with Crippen LogP contribution in [0.1, 0.15) is 37.0 Å². The molecule has 0 aliphatic rings. The van der Waals surface area contributed by atoms with Crippen LogP contribution in [0.2, 0.25) is 5.02 Å². The van der Waals surface area contributed by atoms with Gasteiger partial charge in [-0.3, -0.25) is 9.69 Å². The maximum atomic E-state index is 13.5. The minimum atomic E-state index is -0.888. The van der Waals surface area contributed by atoms with Crippen LogP contribution < -0.4 is 4.90 Å². The zero-order valence-corrected chi connectivity index (χ0v) is 15.5. The van der Waals surface area contributed by atoms with Crippen molar-refractivity contribution < 1.29 is 18.7 Å². The van der Waals surface area contributed by atoms with Crippen molar-refractivity contribution in [2.75, 3.05) is 11.5 Å². The molecule has 138 valence electrons. The first kappa shape index (κ1) is 19.9. The predicted octanol–water partition coefficient (Wildman–Crippen LogP) is 4.86. The molecule has 1 unspecified atom stereocenters. The highest BCUT2D eigenvalue weighted by molar-refractivity contribution is 6.31. The van der Waals surface area contributed by atoms with Crippen LogP contribution >= 0.6 is 11.6 Å². The number of unbranched alkanes of at least 4 members (excludes halogenated alkanes) is 1. The Balaban J connectivity index is 2.36. The fraction of sp³-hybridized carbons (Fsp3) is 0.300. The number of anilines is 1. The fourth-order valence-corrected chi connectivity index (χ4v) is 2.59. The molecule has 0 spiro atoms.